The average molecular weight is 449 g/mol. The highest BCUT2D eigenvalue weighted by atomic mass is 32.2. The highest BCUT2D eigenvalue weighted by molar-refractivity contribution is 7.98. The summed E-state index contributed by atoms with van der Waals surface area (Å²) in [5, 5.41) is 21.2. The third-order valence-electron chi connectivity index (χ3n) is 3.94. The minimum atomic E-state index is -0.599. The van der Waals surface area contributed by atoms with Gasteiger partial charge in [0.15, 0.2) is 15.7 Å². The number of nitrogens with zero attached hydrogens (tertiary/aromatic N) is 4. The lowest BCUT2D eigenvalue weighted by Crippen LogP contribution is -2.14. The molecule has 0 fully saturated rings. The van der Waals surface area contributed by atoms with E-state index in [4.69, 9.17) is 12.2 Å². The van der Waals surface area contributed by atoms with E-state index in [2.05, 4.69) is 27.1 Å². The molecule has 3 aromatic rings. The summed E-state index contributed by atoms with van der Waals surface area (Å²) in [6.45, 7) is 5.97. The molecule has 0 saturated heterocycles. The van der Waals surface area contributed by atoms with Crippen LogP contribution in [0.15, 0.2) is 35.7 Å². The molecule has 3 rings (SSSR count). The van der Waals surface area contributed by atoms with Crippen LogP contribution in [0.2, 0.25) is 0 Å². The molecule has 0 saturated carbocycles. The van der Waals surface area contributed by atoms with Crippen molar-refractivity contribution in [3.8, 4) is 10.7 Å². The Hall–Kier alpha value is -2.83. The Morgan fingerprint density at radius 2 is 2.31 bits per heavy atom. The van der Waals surface area contributed by atoms with Crippen molar-refractivity contribution in [3.05, 3.63) is 57.0 Å². The number of aromatic amines is 1. The lowest BCUT2D eigenvalue weighted by Gasteiger charge is -2.05. The van der Waals surface area contributed by atoms with Crippen molar-refractivity contribution in [2.24, 2.45) is 0 Å². The fourth-order valence-corrected chi connectivity index (χ4v) is 4.20. The van der Waals surface area contributed by atoms with Crippen molar-refractivity contribution in [1.82, 2.24) is 19.7 Å². The molecule has 0 aliphatic rings. The molecule has 150 valence electrons. The summed E-state index contributed by atoms with van der Waals surface area (Å²) < 4.78 is 2.21. The third kappa shape index (κ3) is 4.28. The first-order chi connectivity index (χ1) is 13.8. The van der Waals surface area contributed by atoms with Crippen molar-refractivity contribution in [2.75, 3.05) is 11.6 Å². The highest BCUT2D eigenvalue weighted by Gasteiger charge is 2.23. The number of aromatic nitrogens is 4. The number of rotatable bonds is 7. The second kappa shape index (κ2) is 8.68. The molecular formula is C17H16N6O3S3. The fraction of sp³-hybridized carbons (Fsp3) is 0.176. The summed E-state index contributed by atoms with van der Waals surface area (Å²) in [4.78, 5) is 29.3. The molecule has 0 unspecified atom stereocenters. The van der Waals surface area contributed by atoms with E-state index in [0.717, 1.165) is 9.77 Å². The molecule has 0 atom stereocenters. The lowest BCUT2D eigenvalue weighted by atomic mass is 10.1. The second-order valence-electron chi connectivity index (χ2n) is 5.78. The number of nitro benzene ring substituents is 1. The zero-order valence-corrected chi connectivity index (χ0v) is 17.9. The van der Waals surface area contributed by atoms with Gasteiger partial charge in [-0.25, -0.2) is 4.98 Å². The Kier molecular flexibility index (Phi) is 6.25. The Morgan fingerprint density at radius 1 is 1.55 bits per heavy atom. The van der Waals surface area contributed by atoms with Crippen molar-refractivity contribution >= 4 is 52.0 Å². The monoisotopic (exact) mass is 448 g/mol. The van der Waals surface area contributed by atoms with E-state index in [-0.39, 0.29) is 11.3 Å². The van der Waals surface area contributed by atoms with E-state index in [1.807, 2.05) is 6.26 Å². The first-order valence-electron chi connectivity index (χ1n) is 8.23. The van der Waals surface area contributed by atoms with Gasteiger partial charge in [0.25, 0.3) is 11.6 Å². The van der Waals surface area contributed by atoms with Crippen molar-refractivity contribution in [2.45, 2.75) is 18.4 Å². The van der Waals surface area contributed by atoms with Gasteiger partial charge in [0.05, 0.1) is 15.5 Å². The van der Waals surface area contributed by atoms with E-state index in [0.29, 0.717) is 28.0 Å². The van der Waals surface area contributed by atoms with Crippen LogP contribution in [0.25, 0.3) is 10.7 Å². The number of carbonyl (C=O) groups excluding carboxylic acids is 1. The molecule has 1 aromatic carbocycles. The van der Waals surface area contributed by atoms with Crippen molar-refractivity contribution in [1.29, 1.82) is 0 Å². The second-order valence-corrected chi connectivity index (χ2v) is 8.04. The number of amides is 1. The van der Waals surface area contributed by atoms with E-state index in [1.165, 1.54) is 35.2 Å². The van der Waals surface area contributed by atoms with Crippen LogP contribution in [0, 0.1) is 21.8 Å². The molecule has 2 N–H and O–H groups in total. The van der Waals surface area contributed by atoms with Crippen LogP contribution >= 0.6 is 35.3 Å². The first kappa shape index (κ1) is 20.9. The van der Waals surface area contributed by atoms with Crippen LogP contribution < -0.4 is 5.32 Å². The first-order valence-corrected chi connectivity index (χ1v) is 10.7. The maximum atomic E-state index is 12.7. The van der Waals surface area contributed by atoms with Crippen LogP contribution in [-0.4, -0.2) is 36.8 Å². The normalized spacial score (nSPS) is 10.7. The van der Waals surface area contributed by atoms with Gasteiger partial charge in [-0.1, -0.05) is 17.4 Å². The number of carbonyl (C=O) groups is 1. The molecule has 29 heavy (non-hydrogen) atoms. The summed E-state index contributed by atoms with van der Waals surface area (Å²) in [5.41, 5.74) is 0.364. The Labute approximate surface area is 179 Å². The quantitative estimate of drug-likeness (QED) is 0.180. The SMILES string of the molecule is C=CCn1c(-c2sc(NC(=O)c3cc(SC)ccc3[N+](=O)[O-])nc2C)n[nH]c1=S. The molecule has 9 nitrogen and oxygen atoms in total. The molecule has 0 aliphatic carbocycles. The number of hydrogen-bond acceptors (Lipinski definition) is 8. The molecular weight excluding hydrogens is 432 g/mol. The Balaban J connectivity index is 1.94. The number of anilines is 1. The van der Waals surface area contributed by atoms with Crippen molar-refractivity contribution < 1.29 is 9.72 Å². The summed E-state index contributed by atoms with van der Waals surface area (Å²) >= 11 is 7.83. The summed E-state index contributed by atoms with van der Waals surface area (Å²) in [6.07, 6.45) is 3.53. The number of hydrogen-bond donors (Lipinski definition) is 2. The van der Waals surface area contributed by atoms with Gasteiger partial charge in [0, 0.05) is 17.5 Å². The van der Waals surface area contributed by atoms with E-state index < -0.39 is 10.8 Å². The number of benzene rings is 1. The highest BCUT2D eigenvalue weighted by Crippen LogP contribution is 2.33. The Morgan fingerprint density at radius 3 is 2.97 bits per heavy atom. The van der Waals surface area contributed by atoms with Gasteiger partial charge in [0.1, 0.15) is 5.56 Å². The number of thioether (sulfide) groups is 1. The minimum Gasteiger partial charge on any atom is -0.298 e. The van der Waals surface area contributed by atoms with Crippen LogP contribution in [0.4, 0.5) is 10.8 Å². The van der Waals surface area contributed by atoms with E-state index in [1.54, 1.807) is 23.6 Å². The largest absolute Gasteiger partial charge is 0.298 e. The summed E-state index contributed by atoms with van der Waals surface area (Å²) in [5.74, 6) is -0.0152. The average Bonchev–Trinajstić information content (AvgIpc) is 3.23. The van der Waals surface area contributed by atoms with E-state index in [9.17, 15) is 14.9 Å². The molecule has 12 heteroatoms. The van der Waals surface area contributed by atoms with Crippen molar-refractivity contribution in [3.63, 3.8) is 0 Å². The molecule has 2 aromatic heterocycles. The lowest BCUT2D eigenvalue weighted by molar-refractivity contribution is -0.385. The predicted octanol–water partition coefficient (Wildman–Crippen LogP) is 4.44. The zero-order valence-electron chi connectivity index (χ0n) is 15.5. The molecule has 0 bridgehead atoms. The van der Waals surface area contributed by atoms with Crippen LogP contribution in [0.5, 0.6) is 0 Å². The number of nitrogens with one attached hydrogen (secondary N) is 2. The number of allylic oxidation sites excluding steroid dienone is 1. The minimum absolute atomic E-state index is 0.0226. The number of thiazole rings is 1. The van der Waals surface area contributed by atoms with Gasteiger partial charge in [-0.05, 0) is 37.5 Å². The molecule has 0 aliphatic heterocycles. The number of nitro groups is 1. The van der Waals surface area contributed by atoms with E-state index >= 15 is 0 Å². The maximum absolute atomic E-state index is 12.7. The topological polar surface area (TPSA) is 119 Å². The van der Waals surface area contributed by atoms with Gasteiger partial charge < -0.3 is 0 Å². The van der Waals surface area contributed by atoms with Gasteiger partial charge in [-0.15, -0.1) is 18.3 Å². The zero-order chi connectivity index (χ0) is 21.1. The predicted molar refractivity (Wildman–Crippen MR) is 116 cm³/mol. The van der Waals surface area contributed by atoms with Crippen LogP contribution in [0.1, 0.15) is 16.1 Å². The Bertz CT molecular complexity index is 1160. The smallest absolute Gasteiger partial charge is 0.282 e. The maximum Gasteiger partial charge on any atom is 0.282 e. The summed E-state index contributed by atoms with van der Waals surface area (Å²) in [6, 6.07) is 4.43. The molecule has 2 heterocycles. The van der Waals surface area contributed by atoms with Gasteiger partial charge >= 0.3 is 0 Å². The summed E-state index contributed by atoms with van der Waals surface area (Å²) in [7, 11) is 0. The fourth-order valence-electron chi connectivity index (χ4n) is 2.59. The number of H-pyrrole nitrogens is 1. The number of aryl methyl sites for hydroxylation is 1. The van der Waals surface area contributed by atoms with Gasteiger partial charge in [-0.2, -0.15) is 5.10 Å². The molecule has 1 amide bonds. The molecule has 0 radical (unpaired) electrons. The van der Waals surface area contributed by atoms with Crippen LogP contribution in [0.3, 0.4) is 0 Å². The molecule has 0 spiro atoms. The third-order valence-corrected chi connectivity index (χ3v) is 6.04. The van der Waals surface area contributed by atoms with Gasteiger partial charge in [-0.3, -0.25) is 29.9 Å². The standard InChI is InChI=1S/C17H16N6O3S3/c1-4-7-22-14(20-21-17(22)27)13-9(2)18-16(29-13)19-15(24)11-8-10(28-3)5-6-12(11)23(25)26/h4-6,8H,1,7H2,2-3H3,(H,21,27)(H,18,19,24). The van der Waals surface area contributed by atoms with Crippen LogP contribution in [-0.2, 0) is 6.54 Å². The van der Waals surface area contributed by atoms with Gasteiger partial charge in [0.2, 0.25) is 0 Å².